The van der Waals surface area contributed by atoms with E-state index < -0.39 is 0 Å². The molecule has 0 spiro atoms. The van der Waals surface area contributed by atoms with Gasteiger partial charge in [-0.15, -0.1) is 0 Å². The van der Waals surface area contributed by atoms with Gasteiger partial charge in [-0.1, -0.05) is 35.1 Å². The number of benzene rings is 2. The van der Waals surface area contributed by atoms with E-state index in [-0.39, 0.29) is 23.9 Å². The van der Waals surface area contributed by atoms with Crippen LogP contribution in [0.25, 0.3) is 15.5 Å². The monoisotopic (exact) mass is 513 g/mol. The molecule has 0 unspecified atom stereocenters. The first-order valence-electron chi connectivity index (χ1n) is 11.0. The Hall–Kier alpha value is -3.34. The van der Waals surface area contributed by atoms with Crippen LogP contribution in [0.15, 0.2) is 59.4 Å². The summed E-state index contributed by atoms with van der Waals surface area (Å²) in [6.07, 6.45) is 0. The standard InChI is InChI=1S/C24H21ClFN5O3S/c25-17-3-1-16(2-4-17)23-28-31-21(32)13-19(27-24(31)35-23)14-29-9-11-30(12-10-29)22(33)15-34-20-7-5-18(26)6-8-20/h1-8,13H,9-12,14-15H2. The lowest BCUT2D eigenvalue weighted by Crippen LogP contribution is -2.49. The highest BCUT2D eigenvalue weighted by molar-refractivity contribution is 7.19. The molecule has 0 radical (unpaired) electrons. The number of halogens is 2. The normalized spacial score (nSPS) is 14.4. The Balaban J connectivity index is 1.18. The second kappa shape index (κ2) is 10.1. The van der Waals surface area contributed by atoms with Crippen LogP contribution in [-0.2, 0) is 11.3 Å². The highest BCUT2D eigenvalue weighted by atomic mass is 35.5. The molecule has 11 heteroatoms. The third-order valence-electron chi connectivity index (χ3n) is 5.68. The topological polar surface area (TPSA) is 80.0 Å². The third-order valence-corrected chi connectivity index (χ3v) is 6.89. The number of fused-ring (bicyclic) bond motifs is 1. The number of carbonyl (C=O) groups excluding carboxylic acids is 1. The smallest absolute Gasteiger partial charge is 0.275 e. The number of ether oxygens (including phenoxy) is 1. The third kappa shape index (κ3) is 5.50. The quantitative estimate of drug-likeness (QED) is 0.393. The Morgan fingerprint density at radius 2 is 1.77 bits per heavy atom. The van der Waals surface area contributed by atoms with Gasteiger partial charge in [0.2, 0.25) is 4.96 Å². The molecule has 4 aromatic rings. The van der Waals surface area contributed by atoms with Crippen LogP contribution in [0.5, 0.6) is 5.75 Å². The van der Waals surface area contributed by atoms with E-state index in [0.717, 1.165) is 5.56 Å². The van der Waals surface area contributed by atoms with Gasteiger partial charge in [0.15, 0.2) is 6.61 Å². The fourth-order valence-electron chi connectivity index (χ4n) is 3.80. The molecular weight excluding hydrogens is 493 g/mol. The summed E-state index contributed by atoms with van der Waals surface area (Å²) in [6.45, 7) is 2.82. The summed E-state index contributed by atoms with van der Waals surface area (Å²) in [5.41, 5.74) is 1.31. The van der Waals surface area contributed by atoms with Crippen LogP contribution in [-0.4, -0.2) is 63.1 Å². The Morgan fingerprint density at radius 1 is 1.06 bits per heavy atom. The van der Waals surface area contributed by atoms with Crippen molar-refractivity contribution in [3.05, 3.63) is 81.5 Å². The second-order valence-corrected chi connectivity index (χ2v) is 9.49. The lowest BCUT2D eigenvalue weighted by atomic mass is 10.2. The Labute approximate surface area is 209 Å². The number of piperazine rings is 1. The van der Waals surface area contributed by atoms with Crippen molar-refractivity contribution < 1.29 is 13.9 Å². The summed E-state index contributed by atoms with van der Waals surface area (Å²) in [6, 6.07) is 14.4. The minimum Gasteiger partial charge on any atom is -0.484 e. The van der Waals surface area contributed by atoms with E-state index in [4.69, 9.17) is 16.3 Å². The molecule has 1 saturated heterocycles. The van der Waals surface area contributed by atoms with Gasteiger partial charge in [0.25, 0.3) is 11.5 Å². The van der Waals surface area contributed by atoms with E-state index in [1.54, 1.807) is 17.0 Å². The molecule has 180 valence electrons. The molecule has 2 aromatic heterocycles. The Kier molecular flexibility index (Phi) is 6.76. The van der Waals surface area contributed by atoms with Crippen LogP contribution in [0.3, 0.4) is 0 Å². The van der Waals surface area contributed by atoms with Crippen molar-refractivity contribution in [2.24, 2.45) is 0 Å². The summed E-state index contributed by atoms with van der Waals surface area (Å²) in [5.74, 6) is -0.0203. The average molecular weight is 514 g/mol. The van der Waals surface area contributed by atoms with Crippen molar-refractivity contribution in [2.75, 3.05) is 32.8 Å². The number of aromatic nitrogens is 3. The maximum atomic E-state index is 13.0. The fraction of sp³-hybridized carbons (Fsp3) is 0.250. The van der Waals surface area contributed by atoms with Gasteiger partial charge in [0.05, 0.1) is 5.69 Å². The molecule has 1 aliphatic heterocycles. The van der Waals surface area contributed by atoms with E-state index in [1.807, 2.05) is 12.1 Å². The summed E-state index contributed by atoms with van der Waals surface area (Å²) < 4.78 is 19.8. The molecule has 1 aliphatic rings. The number of hydrogen-bond acceptors (Lipinski definition) is 7. The highest BCUT2D eigenvalue weighted by Crippen LogP contribution is 2.25. The molecule has 35 heavy (non-hydrogen) atoms. The molecule has 0 N–H and O–H groups in total. The highest BCUT2D eigenvalue weighted by Gasteiger charge is 2.22. The first-order valence-corrected chi connectivity index (χ1v) is 12.2. The molecule has 8 nitrogen and oxygen atoms in total. The molecule has 1 amide bonds. The molecule has 0 atom stereocenters. The summed E-state index contributed by atoms with van der Waals surface area (Å²) >= 11 is 7.31. The summed E-state index contributed by atoms with van der Waals surface area (Å²) in [5, 5.41) is 5.73. The van der Waals surface area contributed by atoms with Gasteiger partial charge in [-0.2, -0.15) is 9.61 Å². The molecule has 2 aromatic carbocycles. The van der Waals surface area contributed by atoms with Gasteiger partial charge >= 0.3 is 0 Å². The lowest BCUT2D eigenvalue weighted by Gasteiger charge is -2.34. The predicted molar refractivity (Wildman–Crippen MR) is 131 cm³/mol. The van der Waals surface area contributed by atoms with Gasteiger partial charge in [-0.05, 0) is 36.4 Å². The van der Waals surface area contributed by atoms with E-state index in [2.05, 4.69) is 15.0 Å². The van der Waals surface area contributed by atoms with E-state index in [0.29, 0.717) is 59.2 Å². The SMILES string of the molecule is O=C(COc1ccc(F)cc1)N1CCN(Cc2cc(=O)n3nc(-c4ccc(Cl)cc4)sc3n2)CC1. The van der Waals surface area contributed by atoms with E-state index in [9.17, 15) is 14.0 Å². The molecule has 5 rings (SSSR count). The molecule has 1 fully saturated rings. The van der Waals surface area contributed by atoms with Gasteiger partial charge in [-0.25, -0.2) is 9.37 Å². The number of amides is 1. The van der Waals surface area contributed by atoms with Crippen LogP contribution >= 0.6 is 22.9 Å². The summed E-state index contributed by atoms with van der Waals surface area (Å²) in [7, 11) is 0. The van der Waals surface area contributed by atoms with Crippen molar-refractivity contribution in [1.82, 2.24) is 24.4 Å². The van der Waals surface area contributed by atoms with Gasteiger partial charge in [-0.3, -0.25) is 14.5 Å². The maximum Gasteiger partial charge on any atom is 0.275 e. The van der Waals surface area contributed by atoms with E-state index in [1.165, 1.54) is 46.2 Å². The number of hydrogen-bond donors (Lipinski definition) is 0. The fourth-order valence-corrected chi connectivity index (χ4v) is 4.85. The second-order valence-electron chi connectivity index (χ2n) is 8.09. The maximum absolute atomic E-state index is 13.0. The van der Waals surface area contributed by atoms with Crippen LogP contribution < -0.4 is 10.3 Å². The van der Waals surface area contributed by atoms with Crippen LogP contribution in [0.4, 0.5) is 4.39 Å². The first kappa shape index (κ1) is 23.4. The number of carbonyl (C=O) groups is 1. The van der Waals surface area contributed by atoms with Crippen molar-refractivity contribution in [3.63, 3.8) is 0 Å². The zero-order valence-corrected chi connectivity index (χ0v) is 20.1. The van der Waals surface area contributed by atoms with Gasteiger partial charge < -0.3 is 9.64 Å². The Bertz CT molecular complexity index is 1400. The first-order chi connectivity index (χ1) is 16.9. The predicted octanol–water partition coefficient (Wildman–Crippen LogP) is 3.33. The zero-order valence-electron chi connectivity index (χ0n) is 18.6. The van der Waals surface area contributed by atoms with Crippen LogP contribution in [0, 0.1) is 5.82 Å². The number of nitrogens with zero attached hydrogens (tertiary/aromatic N) is 5. The molecule has 0 bridgehead atoms. The van der Waals surface area contributed by atoms with Gasteiger partial charge in [0, 0.05) is 49.4 Å². The van der Waals surface area contributed by atoms with Gasteiger partial charge in [0.1, 0.15) is 16.6 Å². The lowest BCUT2D eigenvalue weighted by molar-refractivity contribution is -0.135. The van der Waals surface area contributed by atoms with Crippen molar-refractivity contribution in [1.29, 1.82) is 0 Å². The molecule has 3 heterocycles. The molecular formula is C24H21ClFN5O3S. The minimum absolute atomic E-state index is 0.0953. The van der Waals surface area contributed by atoms with Crippen molar-refractivity contribution >= 4 is 33.8 Å². The van der Waals surface area contributed by atoms with Crippen LogP contribution in [0.1, 0.15) is 5.69 Å². The summed E-state index contributed by atoms with van der Waals surface area (Å²) in [4.78, 5) is 34.2. The zero-order chi connectivity index (χ0) is 24.4. The van der Waals surface area contributed by atoms with Crippen molar-refractivity contribution in [2.45, 2.75) is 6.54 Å². The molecule has 0 aliphatic carbocycles. The largest absolute Gasteiger partial charge is 0.484 e. The minimum atomic E-state index is -0.353. The van der Waals surface area contributed by atoms with Crippen molar-refractivity contribution in [3.8, 4) is 16.3 Å². The molecule has 0 saturated carbocycles. The average Bonchev–Trinajstić information content (AvgIpc) is 3.29. The Morgan fingerprint density at radius 3 is 2.49 bits per heavy atom. The van der Waals surface area contributed by atoms with E-state index >= 15 is 0 Å². The van der Waals surface area contributed by atoms with Crippen LogP contribution in [0.2, 0.25) is 5.02 Å². The number of rotatable bonds is 6.